The summed E-state index contributed by atoms with van der Waals surface area (Å²) in [5, 5.41) is 3.49. The van der Waals surface area contributed by atoms with Crippen molar-refractivity contribution in [3.8, 4) is 11.5 Å². The molecule has 21 heavy (non-hydrogen) atoms. The van der Waals surface area contributed by atoms with Crippen molar-refractivity contribution in [2.45, 2.75) is 18.8 Å². The molecule has 0 aromatic heterocycles. The van der Waals surface area contributed by atoms with Gasteiger partial charge in [-0.2, -0.15) is 0 Å². The minimum atomic E-state index is 0.145. The van der Waals surface area contributed by atoms with E-state index in [4.69, 9.17) is 16.3 Å². The molecule has 1 heterocycles. The summed E-state index contributed by atoms with van der Waals surface area (Å²) in [6.45, 7) is 2.70. The molecule has 1 aliphatic rings. The maximum atomic E-state index is 10.7. The molecule has 4 heteroatoms. The van der Waals surface area contributed by atoms with Crippen LogP contribution in [-0.4, -0.2) is 13.0 Å². The van der Waals surface area contributed by atoms with Crippen molar-refractivity contribution in [3.63, 3.8) is 0 Å². The van der Waals surface area contributed by atoms with Crippen LogP contribution in [0, 0.1) is 0 Å². The molecule has 1 N–H and O–H groups in total. The van der Waals surface area contributed by atoms with Crippen molar-refractivity contribution in [2.75, 3.05) is 6.54 Å². The summed E-state index contributed by atoms with van der Waals surface area (Å²) in [6, 6.07) is 13.6. The van der Waals surface area contributed by atoms with Crippen molar-refractivity contribution in [1.29, 1.82) is 0 Å². The summed E-state index contributed by atoms with van der Waals surface area (Å²) in [4.78, 5) is 10.7. The van der Waals surface area contributed by atoms with E-state index >= 15 is 0 Å². The maximum Gasteiger partial charge on any atom is 0.207 e. The topological polar surface area (TPSA) is 38.3 Å². The average Bonchev–Trinajstić information content (AvgIpc) is 2.61. The Morgan fingerprint density at radius 3 is 2.76 bits per heavy atom. The number of halogens is 1. The molecule has 3 rings (SSSR count). The zero-order valence-corrected chi connectivity index (χ0v) is 12.4. The van der Waals surface area contributed by atoms with Crippen LogP contribution in [0.3, 0.4) is 0 Å². The lowest BCUT2D eigenvalue weighted by atomic mass is 9.82. The SMILES string of the molecule is C[C@@H]1c2cc(Cl)ccc2Oc2ccccc2[C@H]1CNC=O. The van der Waals surface area contributed by atoms with E-state index in [1.54, 1.807) is 0 Å². The summed E-state index contributed by atoms with van der Waals surface area (Å²) >= 11 is 6.13. The van der Waals surface area contributed by atoms with Gasteiger partial charge < -0.3 is 10.1 Å². The maximum absolute atomic E-state index is 10.7. The standard InChI is InChI=1S/C17H16ClNO2/c1-11-14-8-12(18)6-7-17(14)21-16-5-3-2-4-13(16)15(11)9-19-10-20/h2-8,10-11,15H,9H2,1H3,(H,19,20)/t11-,15+/m1/s1. The zero-order valence-electron chi connectivity index (χ0n) is 11.7. The summed E-state index contributed by atoms with van der Waals surface area (Å²) in [5.74, 6) is 2.00. The number of nitrogens with one attached hydrogen (secondary N) is 1. The molecule has 108 valence electrons. The minimum absolute atomic E-state index is 0.145. The first-order valence-corrected chi connectivity index (χ1v) is 7.31. The molecule has 3 nitrogen and oxygen atoms in total. The van der Waals surface area contributed by atoms with Crippen molar-refractivity contribution in [3.05, 3.63) is 58.6 Å². The fraction of sp³-hybridized carbons (Fsp3) is 0.235. The molecule has 2 aromatic rings. The van der Waals surface area contributed by atoms with Crippen LogP contribution in [0.15, 0.2) is 42.5 Å². The van der Waals surface area contributed by atoms with Crippen LogP contribution in [0.5, 0.6) is 11.5 Å². The third-order valence-electron chi connectivity index (χ3n) is 4.03. The fourth-order valence-corrected chi connectivity index (χ4v) is 3.09. The van der Waals surface area contributed by atoms with Gasteiger partial charge in [0.1, 0.15) is 11.5 Å². The fourth-order valence-electron chi connectivity index (χ4n) is 2.91. The Kier molecular flexibility index (Phi) is 3.84. The summed E-state index contributed by atoms with van der Waals surface area (Å²) in [5.41, 5.74) is 2.17. The van der Waals surface area contributed by atoms with E-state index in [1.807, 2.05) is 36.4 Å². The number of hydrogen-bond acceptors (Lipinski definition) is 2. The first kappa shape index (κ1) is 14.0. The Bertz CT molecular complexity index is 672. The van der Waals surface area contributed by atoms with E-state index in [2.05, 4.69) is 18.3 Å². The minimum Gasteiger partial charge on any atom is -0.457 e. The van der Waals surface area contributed by atoms with Gasteiger partial charge in [0.05, 0.1) is 0 Å². The van der Waals surface area contributed by atoms with Crippen LogP contribution in [0.25, 0.3) is 0 Å². The first-order valence-electron chi connectivity index (χ1n) is 6.94. The molecular formula is C17H16ClNO2. The second-order valence-electron chi connectivity index (χ2n) is 5.24. The highest BCUT2D eigenvalue weighted by Gasteiger charge is 2.29. The predicted octanol–water partition coefficient (Wildman–Crippen LogP) is 4.08. The molecule has 2 aromatic carbocycles. The molecule has 0 saturated carbocycles. The van der Waals surface area contributed by atoms with E-state index in [0.717, 1.165) is 29.0 Å². The second kappa shape index (κ2) is 5.78. The summed E-state index contributed by atoms with van der Waals surface area (Å²) < 4.78 is 6.06. The highest BCUT2D eigenvalue weighted by Crippen LogP contribution is 2.46. The van der Waals surface area contributed by atoms with Gasteiger partial charge in [0.25, 0.3) is 0 Å². The van der Waals surface area contributed by atoms with E-state index in [1.165, 1.54) is 0 Å². The molecular weight excluding hydrogens is 286 g/mol. The number of amides is 1. The van der Waals surface area contributed by atoms with Crippen LogP contribution >= 0.6 is 11.6 Å². The number of hydrogen-bond donors (Lipinski definition) is 1. The highest BCUT2D eigenvalue weighted by molar-refractivity contribution is 6.30. The van der Waals surface area contributed by atoms with Gasteiger partial charge in [-0.15, -0.1) is 0 Å². The van der Waals surface area contributed by atoms with Gasteiger partial charge in [-0.25, -0.2) is 0 Å². The largest absolute Gasteiger partial charge is 0.457 e. The lowest BCUT2D eigenvalue weighted by molar-refractivity contribution is -0.109. The molecule has 0 radical (unpaired) electrons. The van der Waals surface area contributed by atoms with Crippen LogP contribution in [0.1, 0.15) is 29.9 Å². The number of carbonyl (C=O) groups excluding carboxylic acids is 1. The molecule has 0 spiro atoms. The Labute approximate surface area is 128 Å². The summed E-state index contributed by atoms with van der Waals surface area (Å²) in [7, 11) is 0. The monoisotopic (exact) mass is 301 g/mol. The molecule has 1 aliphatic heterocycles. The van der Waals surface area contributed by atoms with Crippen LogP contribution in [0.4, 0.5) is 0 Å². The number of fused-ring (bicyclic) bond motifs is 2. The van der Waals surface area contributed by atoms with Crippen LogP contribution < -0.4 is 10.1 Å². The molecule has 0 bridgehead atoms. The normalized spacial score (nSPS) is 19.7. The molecule has 0 fully saturated rings. The van der Waals surface area contributed by atoms with E-state index in [9.17, 15) is 4.79 Å². The van der Waals surface area contributed by atoms with Crippen molar-refractivity contribution < 1.29 is 9.53 Å². The molecule has 0 saturated heterocycles. The number of para-hydroxylation sites is 1. The molecule has 1 amide bonds. The van der Waals surface area contributed by atoms with Crippen molar-refractivity contribution in [2.24, 2.45) is 0 Å². The lowest BCUT2D eigenvalue weighted by Crippen LogP contribution is -2.23. The van der Waals surface area contributed by atoms with Gasteiger partial charge in [-0.3, -0.25) is 4.79 Å². The Morgan fingerprint density at radius 2 is 1.95 bits per heavy atom. The first-order chi connectivity index (χ1) is 10.2. The lowest BCUT2D eigenvalue weighted by Gasteiger charge is -2.23. The number of rotatable bonds is 3. The van der Waals surface area contributed by atoms with E-state index in [-0.39, 0.29) is 11.8 Å². The Balaban J connectivity index is 2.12. The van der Waals surface area contributed by atoms with Gasteiger partial charge >= 0.3 is 0 Å². The Hall–Kier alpha value is -2.00. The van der Waals surface area contributed by atoms with E-state index < -0.39 is 0 Å². The van der Waals surface area contributed by atoms with Crippen molar-refractivity contribution >= 4 is 18.0 Å². The van der Waals surface area contributed by atoms with E-state index in [0.29, 0.717) is 11.6 Å². The van der Waals surface area contributed by atoms with Crippen molar-refractivity contribution in [1.82, 2.24) is 5.32 Å². The second-order valence-corrected chi connectivity index (χ2v) is 5.68. The van der Waals surface area contributed by atoms with Crippen LogP contribution in [0.2, 0.25) is 5.02 Å². The number of benzene rings is 2. The number of carbonyl (C=O) groups is 1. The average molecular weight is 302 g/mol. The molecule has 0 aliphatic carbocycles. The summed E-state index contributed by atoms with van der Waals surface area (Å²) in [6.07, 6.45) is 0.736. The smallest absolute Gasteiger partial charge is 0.207 e. The van der Waals surface area contributed by atoms with Gasteiger partial charge in [-0.1, -0.05) is 36.7 Å². The predicted molar refractivity (Wildman–Crippen MR) is 83.2 cm³/mol. The quantitative estimate of drug-likeness (QED) is 0.868. The zero-order chi connectivity index (χ0) is 14.8. The van der Waals surface area contributed by atoms with Gasteiger partial charge in [0, 0.05) is 23.0 Å². The third-order valence-corrected chi connectivity index (χ3v) is 4.26. The highest BCUT2D eigenvalue weighted by atomic mass is 35.5. The number of ether oxygens (including phenoxy) is 1. The Morgan fingerprint density at radius 1 is 1.19 bits per heavy atom. The van der Waals surface area contributed by atoms with Gasteiger partial charge in [-0.05, 0) is 35.7 Å². The molecule has 0 unspecified atom stereocenters. The van der Waals surface area contributed by atoms with Gasteiger partial charge in [0.15, 0.2) is 0 Å². The van der Waals surface area contributed by atoms with Crippen LogP contribution in [-0.2, 0) is 4.79 Å². The van der Waals surface area contributed by atoms with Gasteiger partial charge in [0.2, 0.25) is 6.41 Å². The molecule has 2 atom stereocenters. The third kappa shape index (κ3) is 2.61.